The molecule has 0 aliphatic rings. The van der Waals surface area contributed by atoms with Gasteiger partial charge in [-0.1, -0.05) is 51.0 Å². The van der Waals surface area contributed by atoms with Crippen LogP contribution in [0.25, 0.3) is 0 Å². The molecular weight excluding hydrogens is 861 g/mol. The van der Waals surface area contributed by atoms with E-state index in [1.807, 2.05) is 0 Å². The van der Waals surface area contributed by atoms with E-state index in [0.717, 1.165) is 101 Å². The molecule has 0 saturated heterocycles. The van der Waals surface area contributed by atoms with Crippen molar-refractivity contribution in [2.24, 2.45) is 0 Å². The topological polar surface area (TPSA) is 220 Å². The Labute approximate surface area is 365 Å². The third-order valence-electron chi connectivity index (χ3n) is 9.14. The van der Waals surface area contributed by atoms with E-state index in [-0.39, 0.29) is 12.8 Å². The van der Waals surface area contributed by atoms with Gasteiger partial charge in [-0.15, -0.1) is 0 Å². The van der Waals surface area contributed by atoms with Crippen LogP contribution in [0.5, 0.6) is 0 Å². The molecule has 2 aromatic carbocycles. The van der Waals surface area contributed by atoms with E-state index in [1.54, 1.807) is 48.5 Å². The van der Waals surface area contributed by atoms with Crippen molar-refractivity contribution >= 4 is 43.4 Å². The van der Waals surface area contributed by atoms with Crippen molar-refractivity contribution in [3.63, 3.8) is 0 Å². The highest BCUT2D eigenvalue weighted by Gasteiger charge is 2.12. The summed E-state index contributed by atoms with van der Waals surface area (Å²) < 4.78 is 98.0. The molecule has 0 radical (unpaired) electrons. The second-order valence-corrected chi connectivity index (χ2v) is 18.1. The van der Waals surface area contributed by atoms with E-state index in [4.69, 9.17) is 0 Å². The lowest BCUT2D eigenvalue weighted by atomic mass is 10.0. The van der Waals surface area contributed by atoms with Gasteiger partial charge in [-0.05, 0) is 138 Å². The standard InChI is InChI=1S/2C19H32F2N2O3S.C4H4O4/c2*1-3-23(14-6-4-5-9-19(20)21)15-7-8-18(24)16-10-12-17(13-11-16)22-27(2,25)26;5-3(6)1-2-4(7)8/h2*10-13,18-19,22,24H,3-9,14-15H2,1-2H3;1-2H,(H,5,6)(H,7,8)/p-2/b;;2-1+/t2*18-;/m00./s1. The molecule has 20 heteroatoms. The number of aliphatic hydroxyl groups excluding tert-OH is 2. The van der Waals surface area contributed by atoms with E-state index >= 15 is 0 Å². The van der Waals surface area contributed by atoms with Crippen LogP contribution in [-0.2, 0) is 29.6 Å². The largest absolute Gasteiger partial charge is 0.545 e. The van der Waals surface area contributed by atoms with E-state index in [0.29, 0.717) is 49.2 Å². The molecule has 0 unspecified atom stereocenters. The number of sulfonamides is 2. The number of halogens is 4. The molecule has 0 bridgehead atoms. The average Bonchev–Trinajstić information content (AvgIpc) is 3.18. The SMILES string of the molecule is CCN(CCCCCC(F)F)CCC[C@H](O)c1ccc(NS(C)(=O)=O)cc1.CCN(CCCCCC(F)F)CCC[C@H](O)c1ccc(NS(C)(=O)=O)cc1.O=C([O-])/C=C/C(=O)[O-]. The van der Waals surface area contributed by atoms with Gasteiger partial charge >= 0.3 is 0 Å². The molecule has 0 aliphatic heterocycles. The first-order valence-corrected chi connectivity index (χ1v) is 24.5. The maximum Gasteiger partial charge on any atom is 0.238 e. The van der Waals surface area contributed by atoms with E-state index in [1.165, 1.54) is 0 Å². The minimum absolute atomic E-state index is 0.0171. The number of unbranched alkanes of at least 4 members (excludes halogenated alkanes) is 4. The zero-order valence-corrected chi connectivity index (χ0v) is 37.8. The molecule has 0 saturated carbocycles. The van der Waals surface area contributed by atoms with Crippen molar-refractivity contribution < 1.29 is 64.4 Å². The number of carbonyl (C=O) groups is 2. The minimum atomic E-state index is -3.31. The Morgan fingerprint density at radius 2 is 0.871 bits per heavy atom. The monoisotopic (exact) mass is 926 g/mol. The van der Waals surface area contributed by atoms with Gasteiger partial charge in [0.25, 0.3) is 0 Å². The Hall–Kier alpha value is -3.82. The molecule has 0 amide bonds. The number of carboxylic acid groups (broad SMARTS) is 2. The Bertz CT molecular complexity index is 1630. The minimum Gasteiger partial charge on any atom is -0.545 e. The number of aliphatic hydroxyl groups is 2. The van der Waals surface area contributed by atoms with Gasteiger partial charge < -0.3 is 39.8 Å². The van der Waals surface area contributed by atoms with Crippen LogP contribution in [0.4, 0.5) is 28.9 Å². The summed E-state index contributed by atoms with van der Waals surface area (Å²) in [6.45, 7) is 9.44. The summed E-state index contributed by atoms with van der Waals surface area (Å²) >= 11 is 0. The Morgan fingerprint density at radius 1 is 0.565 bits per heavy atom. The Kier molecular flexibility index (Phi) is 30.8. The maximum atomic E-state index is 12.1. The summed E-state index contributed by atoms with van der Waals surface area (Å²) in [6.07, 6.45) is 4.80. The van der Waals surface area contributed by atoms with Gasteiger partial charge in [0, 0.05) is 24.2 Å². The second kappa shape index (κ2) is 32.8. The van der Waals surface area contributed by atoms with Crippen LogP contribution in [0.2, 0.25) is 0 Å². The fourth-order valence-electron chi connectivity index (χ4n) is 5.94. The predicted molar refractivity (Wildman–Crippen MR) is 231 cm³/mol. The molecule has 14 nitrogen and oxygen atoms in total. The van der Waals surface area contributed by atoms with Crippen molar-refractivity contribution in [1.82, 2.24) is 9.80 Å². The summed E-state index contributed by atoms with van der Waals surface area (Å²) in [5.74, 6) is -3.09. The van der Waals surface area contributed by atoms with E-state index in [9.17, 15) is 64.4 Å². The summed E-state index contributed by atoms with van der Waals surface area (Å²) in [5, 5.41) is 39.4. The number of benzene rings is 2. The normalized spacial score (nSPS) is 12.8. The molecule has 0 aromatic heterocycles. The highest BCUT2D eigenvalue weighted by Crippen LogP contribution is 2.23. The molecule has 4 N–H and O–H groups in total. The number of nitrogens with one attached hydrogen (secondary N) is 2. The highest BCUT2D eigenvalue weighted by atomic mass is 32.2. The first-order chi connectivity index (χ1) is 29.0. The van der Waals surface area contributed by atoms with Crippen molar-refractivity contribution in [3.8, 4) is 0 Å². The van der Waals surface area contributed by atoms with Crippen LogP contribution >= 0.6 is 0 Å². The van der Waals surface area contributed by atoms with E-state index in [2.05, 4.69) is 33.1 Å². The smallest absolute Gasteiger partial charge is 0.238 e. The van der Waals surface area contributed by atoms with Crippen LogP contribution in [0.15, 0.2) is 60.7 Å². The molecule has 62 heavy (non-hydrogen) atoms. The highest BCUT2D eigenvalue weighted by molar-refractivity contribution is 7.92. The number of alkyl halides is 4. The van der Waals surface area contributed by atoms with Crippen LogP contribution in [0, 0.1) is 0 Å². The van der Waals surface area contributed by atoms with Gasteiger partial charge in [0.05, 0.1) is 36.7 Å². The molecule has 0 aliphatic carbocycles. The first kappa shape index (κ1) is 58.2. The molecule has 0 heterocycles. The summed E-state index contributed by atoms with van der Waals surface area (Å²) in [7, 11) is -6.62. The summed E-state index contributed by atoms with van der Waals surface area (Å²) in [6, 6.07) is 13.4. The first-order valence-electron chi connectivity index (χ1n) is 20.7. The molecule has 2 aromatic rings. The van der Waals surface area contributed by atoms with Crippen molar-refractivity contribution in [3.05, 3.63) is 71.8 Å². The third kappa shape index (κ3) is 33.8. The lowest BCUT2D eigenvalue weighted by Crippen LogP contribution is -2.26. The Morgan fingerprint density at radius 3 is 1.13 bits per heavy atom. The van der Waals surface area contributed by atoms with Crippen LogP contribution in [0.1, 0.15) is 114 Å². The molecule has 2 atom stereocenters. The second-order valence-electron chi connectivity index (χ2n) is 14.6. The van der Waals surface area contributed by atoms with Gasteiger partial charge in [-0.3, -0.25) is 9.44 Å². The fraction of sp³-hybridized carbons (Fsp3) is 0.619. The number of rotatable bonds is 30. The summed E-state index contributed by atoms with van der Waals surface area (Å²) in [5.41, 5.74) is 2.45. The maximum absolute atomic E-state index is 12.1. The van der Waals surface area contributed by atoms with Gasteiger partial charge in [-0.2, -0.15) is 0 Å². The number of carboxylic acids is 2. The molecular formula is C42H66F4N4O10S2-2. The zero-order valence-electron chi connectivity index (χ0n) is 36.2. The average molecular weight is 927 g/mol. The number of hydrogen-bond donors (Lipinski definition) is 4. The third-order valence-corrected chi connectivity index (χ3v) is 10.4. The van der Waals surface area contributed by atoms with Crippen molar-refractivity contribution in [2.75, 3.05) is 61.2 Å². The van der Waals surface area contributed by atoms with Crippen LogP contribution in [-0.4, -0.2) is 113 Å². The molecule has 356 valence electrons. The fourth-order valence-corrected chi connectivity index (χ4v) is 7.07. The number of carbonyl (C=O) groups excluding carboxylic acids is 2. The van der Waals surface area contributed by atoms with Gasteiger partial charge in [0.1, 0.15) is 0 Å². The van der Waals surface area contributed by atoms with Crippen molar-refractivity contribution in [2.45, 2.75) is 116 Å². The van der Waals surface area contributed by atoms with Gasteiger partial charge in [0.15, 0.2) is 0 Å². The quantitative estimate of drug-likeness (QED) is 0.0458. The lowest BCUT2D eigenvalue weighted by Gasteiger charge is -2.21. The predicted octanol–water partition coefficient (Wildman–Crippen LogP) is 5.08. The van der Waals surface area contributed by atoms with Crippen LogP contribution < -0.4 is 19.7 Å². The van der Waals surface area contributed by atoms with Crippen LogP contribution in [0.3, 0.4) is 0 Å². The molecule has 0 spiro atoms. The number of nitrogens with zero attached hydrogens (tertiary/aromatic N) is 2. The molecule has 2 rings (SSSR count). The lowest BCUT2D eigenvalue weighted by molar-refractivity contribution is -0.301. The number of anilines is 2. The van der Waals surface area contributed by atoms with Gasteiger partial charge in [-0.25, -0.2) is 34.4 Å². The van der Waals surface area contributed by atoms with Crippen molar-refractivity contribution in [1.29, 1.82) is 0 Å². The number of aliphatic carboxylic acids is 2. The Balaban J connectivity index is 0.00000102. The number of hydrogen-bond acceptors (Lipinski definition) is 12. The van der Waals surface area contributed by atoms with Gasteiger partial charge in [0.2, 0.25) is 32.9 Å². The zero-order chi connectivity index (χ0) is 47.1. The summed E-state index contributed by atoms with van der Waals surface area (Å²) in [4.78, 5) is 23.4. The molecule has 0 fully saturated rings. The van der Waals surface area contributed by atoms with E-state index < -0.39 is 57.0 Å².